The van der Waals surface area contributed by atoms with E-state index in [0.29, 0.717) is 11.1 Å². The molecule has 0 saturated carbocycles. The lowest BCUT2D eigenvalue weighted by Crippen LogP contribution is -2.14. The van der Waals surface area contributed by atoms with Gasteiger partial charge in [0.15, 0.2) is 11.6 Å². The molecule has 0 aliphatic heterocycles. The van der Waals surface area contributed by atoms with Crippen LogP contribution in [-0.4, -0.2) is 0 Å². The molecule has 0 bridgehead atoms. The highest BCUT2D eigenvalue weighted by Gasteiger charge is 2.17. The van der Waals surface area contributed by atoms with Gasteiger partial charge in [0.25, 0.3) is 0 Å². The SMILES string of the molecule is Fc1c(-c2ccccc2)ccc(-c2cccc(P)c2P)c1F. The fraction of sp³-hybridized carbons (Fsp3) is 0. The van der Waals surface area contributed by atoms with Crippen molar-refractivity contribution >= 4 is 29.1 Å². The van der Waals surface area contributed by atoms with Gasteiger partial charge in [0.05, 0.1) is 0 Å². The minimum absolute atomic E-state index is 0.270. The summed E-state index contributed by atoms with van der Waals surface area (Å²) in [6.45, 7) is 0. The third-order valence-electron chi connectivity index (χ3n) is 3.60. The Morgan fingerprint density at radius 2 is 1.23 bits per heavy atom. The van der Waals surface area contributed by atoms with Crippen LogP contribution in [0.2, 0.25) is 0 Å². The molecule has 3 aromatic rings. The van der Waals surface area contributed by atoms with Crippen LogP contribution in [0.5, 0.6) is 0 Å². The van der Waals surface area contributed by atoms with Gasteiger partial charge in [-0.15, -0.1) is 18.5 Å². The van der Waals surface area contributed by atoms with E-state index in [2.05, 4.69) is 18.5 Å². The van der Waals surface area contributed by atoms with Crippen LogP contribution in [0.4, 0.5) is 8.78 Å². The maximum Gasteiger partial charge on any atom is 0.167 e. The van der Waals surface area contributed by atoms with Crippen molar-refractivity contribution in [3.8, 4) is 22.3 Å². The van der Waals surface area contributed by atoms with E-state index in [1.54, 1.807) is 42.5 Å². The first-order valence-electron chi connectivity index (χ1n) is 6.77. The molecule has 2 atom stereocenters. The predicted octanol–water partition coefficient (Wildman–Crippen LogP) is 4.30. The molecule has 3 rings (SSSR count). The highest BCUT2D eigenvalue weighted by Crippen LogP contribution is 2.31. The molecule has 0 aromatic heterocycles. The van der Waals surface area contributed by atoms with Gasteiger partial charge in [-0.25, -0.2) is 8.78 Å². The zero-order valence-corrected chi connectivity index (χ0v) is 14.0. The van der Waals surface area contributed by atoms with Gasteiger partial charge in [-0.3, -0.25) is 0 Å². The molecule has 22 heavy (non-hydrogen) atoms. The molecular weight excluding hydrogens is 316 g/mol. The third-order valence-corrected chi connectivity index (χ3v) is 5.08. The predicted molar refractivity (Wildman–Crippen MR) is 95.9 cm³/mol. The number of benzene rings is 3. The number of hydrogen-bond acceptors (Lipinski definition) is 0. The Balaban J connectivity index is 2.17. The van der Waals surface area contributed by atoms with Gasteiger partial charge in [0.1, 0.15) is 0 Å². The molecule has 0 heterocycles. The molecule has 0 fully saturated rings. The lowest BCUT2D eigenvalue weighted by molar-refractivity contribution is 0.514. The first kappa shape index (κ1) is 15.3. The summed E-state index contributed by atoms with van der Waals surface area (Å²) in [6, 6.07) is 17.8. The molecule has 3 aromatic carbocycles. The van der Waals surface area contributed by atoms with Crippen molar-refractivity contribution in [1.29, 1.82) is 0 Å². The van der Waals surface area contributed by atoms with Crippen molar-refractivity contribution in [1.82, 2.24) is 0 Å². The molecule has 0 spiro atoms. The van der Waals surface area contributed by atoms with E-state index in [9.17, 15) is 8.78 Å². The van der Waals surface area contributed by atoms with Gasteiger partial charge in [0.2, 0.25) is 0 Å². The van der Waals surface area contributed by atoms with Crippen molar-refractivity contribution in [2.24, 2.45) is 0 Å². The minimum Gasteiger partial charge on any atom is -0.203 e. The molecule has 0 aliphatic rings. The van der Waals surface area contributed by atoms with Gasteiger partial charge in [-0.2, -0.15) is 0 Å². The average molecular weight is 330 g/mol. The van der Waals surface area contributed by atoms with Crippen LogP contribution in [0.1, 0.15) is 0 Å². The lowest BCUT2D eigenvalue weighted by atomic mass is 9.99. The normalized spacial score (nSPS) is 10.7. The summed E-state index contributed by atoms with van der Waals surface area (Å²) in [6.07, 6.45) is 0. The monoisotopic (exact) mass is 330 g/mol. The molecule has 0 nitrogen and oxygen atoms in total. The molecule has 0 aliphatic carbocycles. The van der Waals surface area contributed by atoms with Crippen LogP contribution in [0.25, 0.3) is 22.3 Å². The summed E-state index contributed by atoms with van der Waals surface area (Å²) in [4.78, 5) is 0. The lowest BCUT2D eigenvalue weighted by Gasteiger charge is -2.12. The summed E-state index contributed by atoms with van der Waals surface area (Å²) in [5.41, 5.74) is 1.88. The maximum absolute atomic E-state index is 14.6. The van der Waals surface area contributed by atoms with Crippen molar-refractivity contribution in [2.45, 2.75) is 0 Å². The Hall–Kier alpha value is -1.62. The molecule has 0 radical (unpaired) electrons. The summed E-state index contributed by atoms with van der Waals surface area (Å²) >= 11 is 0. The number of rotatable bonds is 2. The van der Waals surface area contributed by atoms with E-state index in [1.165, 1.54) is 0 Å². The minimum atomic E-state index is -0.819. The largest absolute Gasteiger partial charge is 0.203 e. The van der Waals surface area contributed by atoms with E-state index < -0.39 is 11.6 Å². The molecular formula is C18H14F2P2. The van der Waals surface area contributed by atoms with Gasteiger partial charge < -0.3 is 0 Å². The van der Waals surface area contributed by atoms with Gasteiger partial charge in [-0.1, -0.05) is 60.7 Å². The van der Waals surface area contributed by atoms with Crippen molar-refractivity contribution in [3.05, 3.63) is 72.3 Å². The van der Waals surface area contributed by atoms with Crippen LogP contribution in [0, 0.1) is 11.6 Å². The van der Waals surface area contributed by atoms with Crippen LogP contribution >= 0.6 is 18.5 Å². The fourth-order valence-corrected chi connectivity index (χ4v) is 3.03. The second kappa shape index (κ2) is 6.24. The molecule has 110 valence electrons. The Kier molecular flexibility index (Phi) is 4.34. The molecule has 4 heteroatoms. The van der Waals surface area contributed by atoms with E-state index in [-0.39, 0.29) is 11.1 Å². The van der Waals surface area contributed by atoms with Crippen molar-refractivity contribution < 1.29 is 8.78 Å². The van der Waals surface area contributed by atoms with Crippen molar-refractivity contribution in [3.63, 3.8) is 0 Å². The second-order valence-electron chi connectivity index (χ2n) is 4.96. The van der Waals surface area contributed by atoms with E-state index in [1.807, 2.05) is 18.2 Å². The smallest absolute Gasteiger partial charge is 0.167 e. The second-order valence-corrected chi connectivity index (χ2v) is 6.16. The maximum atomic E-state index is 14.6. The zero-order valence-electron chi connectivity index (χ0n) is 11.7. The third kappa shape index (κ3) is 2.70. The van der Waals surface area contributed by atoms with Gasteiger partial charge >= 0.3 is 0 Å². The molecule has 2 unspecified atom stereocenters. The first-order chi connectivity index (χ1) is 10.6. The van der Waals surface area contributed by atoms with Crippen LogP contribution in [-0.2, 0) is 0 Å². The highest BCUT2D eigenvalue weighted by atomic mass is 31.0. The summed E-state index contributed by atoms with van der Waals surface area (Å²) in [5, 5.41) is 1.78. The number of halogens is 2. The quantitative estimate of drug-likeness (QED) is 0.615. The fourth-order valence-electron chi connectivity index (χ4n) is 2.42. The van der Waals surface area contributed by atoms with Crippen LogP contribution in [0.15, 0.2) is 60.7 Å². The van der Waals surface area contributed by atoms with E-state index in [0.717, 1.165) is 10.6 Å². The van der Waals surface area contributed by atoms with Crippen molar-refractivity contribution in [2.75, 3.05) is 0 Å². The molecule has 0 saturated heterocycles. The highest BCUT2D eigenvalue weighted by molar-refractivity contribution is 7.36. The Morgan fingerprint density at radius 1 is 0.591 bits per heavy atom. The Labute approximate surface area is 133 Å². The summed E-state index contributed by atoms with van der Waals surface area (Å²) in [7, 11) is 5.17. The Morgan fingerprint density at radius 3 is 1.95 bits per heavy atom. The summed E-state index contributed by atoms with van der Waals surface area (Å²) in [5.74, 6) is -1.64. The number of hydrogen-bond donors (Lipinski definition) is 0. The molecule has 0 amide bonds. The Bertz CT molecular complexity index is 830. The standard InChI is InChI=1S/C18H14F2P2/c19-16-12(11-5-2-1-3-6-11)9-10-13(17(16)20)14-7-4-8-15(21)18(14)22/h1-10H,21-22H2. The summed E-state index contributed by atoms with van der Waals surface area (Å²) < 4.78 is 29.0. The van der Waals surface area contributed by atoms with Crippen LogP contribution < -0.4 is 10.6 Å². The van der Waals surface area contributed by atoms with E-state index in [4.69, 9.17) is 0 Å². The van der Waals surface area contributed by atoms with E-state index >= 15 is 0 Å². The first-order valence-corrected chi connectivity index (χ1v) is 7.93. The molecule has 0 N–H and O–H groups in total. The van der Waals surface area contributed by atoms with Gasteiger partial charge in [-0.05, 0) is 21.7 Å². The zero-order chi connectivity index (χ0) is 15.7. The van der Waals surface area contributed by atoms with Crippen LogP contribution in [0.3, 0.4) is 0 Å². The average Bonchev–Trinajstić information content (AvgIpc) is 2.54. The topological polar surface area (TPSA) is 0 Å². The van der Waals surface area contributed by atoms with Gasteiger partial charge in [0, 0.05) is 11.1 Å².